The van der Waals surface area contributed by atoms with Crippen molar-refractivity contribution in [3.63, 3.8) is 0 Å². The Kier molecular flexibility index (Phi) is 3.54. The topological polar surface area (TPSA) is 46.5 Å². The Labute approximate surface area is 108 Å². The summed E-state index contributed by atoms with van der Waals surface area (Å²) in [4.78, 5) is 11.3. The fourth-order valence-electron chi connectivity index (χ4n) is 2.19. The zero-order valence-corrected chi connectivity index (χ0v) is 10.0. The average Bonchev–Trinajstić information content (AvgIpc) is 2.78. The zero-order chi connectivity index (χ0) is 14.1. The summed E-state index contributed by atoms with van der Waals surface area (Å²) < 4.78 is 42.4. The first-order chi connectivity index (χ1) is 8.83. The van der Waals surface area contributed by atoms with E-state index in [1.807, 2.05) is 0 Å². The van der Waals surface area contributed by atoms with Crippen LogP contribution < -0.4 is 0 Å². The maximum atomic E-state index is 12.4. The van der Waals surface area contributed by atoms with E-state index < -0.39 is 23.1 Å². The van der Waals surface area contributed by atoms with Gasteiger partial charge in [0, 0.05) is 6.61 Å². The van der Waals surface area contributed by atoms with Crippen molar-refractivity contribution in [2.24, 2.45) is 5.41 Å². The van der Waals surface area contributed by atoms with E-state index in [2.05, 4.69) is 0 Å². The number of benzene rings is 1. The lowest BCUT2D eigenvalue weighted by Gasteiger charge is -2.22. The summed E-state index contributed by atoms with van der Waals surface area (Å²) in [5.74, 6) is -0.968. The Morgan fingerprint density at radius 2 is 1.95 bits per heavy atom. The first-order valence-corrected chi connectivity index (χ1v) is 5.81. The van der Waals surface area contributed by atoms with Crippen LogP contribution in [0.15, 0.2) is 24.3 Å². The smallest absolute Gasteiger partial charge is 0.416 e. The number of hydrogen-bond donors (Lipinski definition) is 1. The SMILES string of the molecule is O=C(O)[C@@]1(Cc2ccc(C(F)(F)F)cc2)CCOC1. The molecule has 0 bridgehead atoms. The van der Waals surface area contributed by atoms with Crippen LogP contribution in [0.1, 0.15) is 17.5 Å². The molecule has 3 nitrogen and oxygen atoms in total. The summed E-state index contributed by atoms with van der Waals surface area (Å²) in [5.41, 5.74) is -1.18. The van der Waals surface area contributed by atoms with Gasteiger partial charge < -0.3 is 9.84 Å². The Morgan fingerprint density at radius 1 is 1.32 bits per heavy atom. The molecule has 1 aromatic carbocycles. The van der Waals surface area contributed by atoms with Crippen molar-refractivity contribution in [3.05, 3.63) is 35.4 Å². The highest BCUT2D eigenvalue weighted by atomic mass is 19.4. The molecule has 1 aliphatic heterocycles. The number of hydrogen-bond acceptors (Lipinski definition) is 2. The molecule has 1 N–H and O–H groups in total. The van der Waals surface area contributed by atoms with Crippen LogP contribution in [-0.4, -0.2) is 24.3 Å². The highest BCUT2D eigenvalue weighted by Gasteiger charge is 2.42. The summed E-state index contributed by atoms with van der Waals surface area (Å²) in [6.45, 7) is 0.469. The summed E-state index contributed by atoms with van der Waals surface area (Å²) in [5, 5.41) is 9.25. The van der Waals surface area contributed by atoms with E-state index >= 15 is 0 Å². The number of alkyl halides is 3. The number of rotatable bonds is 3. The third-order valence-corrected chi connectivity index (χ3v) is 3.38. The summed E-state index contributed by atoms with van der Waals surface area (Å²) >= 11 is 0. The first kappa shape index (κ1) is 13.9. The molecule has 0 amide bonds. The molecule has 6 heteroatoms. The molecule has 1 heterocycles. The maximum absolute atomic E-state index is 12.4. The van der Waals surface area contributed by atoms with E-state index in [-0.39, 0.29) is 13.0 Å². The summed E-state index contributed by atoms with van der Waals surface area (Å²) in [7, 11) is 0. The van der Waals surface area contributed by atoms with E-state index in [9.17, 15) is 23.1 Å². The number of carboxylic acids is 1. The van der Waals surface area contributed by atoms with Crippen LogP contribution in [0, 0.1) is 5.41 Å². The predicted molar refractivity (Wildman–Crippen MR) is 60.7 cm³/mol. The second-order valence-electron chi connectivity index (χ2n) is 4.76. The fourth-order valence-corrected chi connectivity index (χ4v) is 2.19. The van der Waals surface area contributed by atoms with E-state index in [1.165, 1.54) is 12.1 Å². The molecule has 0 saturated carbocycles. The van der Waals surface area contributed by atoms with Crippen LogP contribution in [0.4, 0.5) is 13.2 Å². The van der Waals surface area contributed by atoms with E-state index in [0.29, 0.717) is 18.6 Å². The minimum absolute atomic E-state index is 0.101. The molecule has 0 aliphatic carbocycles. The van der Waals surface area contributed by atoms with Crippen LogP contribution in [0.25, 0.3) is 0 Å². The van der Waals surface area contributed by atoms with Gasteiger partial charge >= 0.3 is 12.1 Å². The van der Waals surface area contributed by atoms with Gasteiger partial charge in [0.15, 0.2) is 0 Å². The molecule has 0 radical (unpaired) electrons. The average molecular weight is 274 g/mol. The Balaban J connectivity index is 2.17. The monoisotopic (exact) mass is 274 g/mol. The first-order valence-electron chi connectivity index (χ1n) is 5.81. The standard InChI is InChI=1S/C13H13F3O3/c14-13(15,16)10-3-1-9(2-4-10)7-12(11(17)18)5-6-19-8-12/h1-4H,5-8H2,(H,17,18)/t12-/m1/s1. The largest absolute Gasteiger partial charge is 0.481 e. The van der Waals surface area contributed by atoms with Crippen molar-refractivity contribution < 1.29 is 27.8 Å². The van der Waals surface area contributed by atoms with Crippen LogP contribution in [-0.2, 0) is 22.1 Å². The van der Waals surface area contributed by atoms with Crippen molar-refractivity contribution in [1.82, 2.24) is 0 Å². The molecule has 1 atom stereocenters. The lowest BCUT2D eigenvalue weighted by atomic mass is 9.81. The van der Waals surface area contributed by atoms with Crippen LogP contribution in [0.5, 0.6) is 0 Å². The van der Waals surface area contributed by atoms with E-state index in [1.54, 1.807) is 0 Å². The normalized spacial score (nSPS) is 23.5. The molecule has 0 aromatic heterocycles. The zero-order valence-electron chi connectivity index (χ0n) is 10.0. The minimum Gasteiger partial charge on any atom is -0.481 e. The molecule has 0 unspecified atom stereocenters. The van der Waals surface area contributed by atoms with Gasteiger partial charge in [-0.25, -0.2) is 0 Å². The van der Waals surface area contributed by atoms with Crippen molar-refractivity contribution in [2.45, 2.75) is 19.0 Å². The maximum Gasteiger partial charge on any atom is 0.416 e. The van der Waals surface area contributed by atoms with Crippen molar-refractivity contribution in [2.75, 3.05) is 13.2 Å². The Bertz CT molecular complexity index is 459. The third kappa shape index (κ3) is 2.89. The molecule has 1 aliphatic rings. The number of aliphatic carboxylic acids is 1. The fraction of sp³-hybridized carbons (Fsp3) is 0.462. The van der Waals surface area contributed by atoms with Gasteiger partial charge in [-0.3, -0.25) is 4.79 Å². The lowest BCUT2D eigenvalue weighted by molar-refractivity contribution is -0.149. The van der Waals surface area contributed by atoms with Gasteiger partial charge in [-0.05, 0) is 30.5 Å². The molecule has 1 aromatic rings. The number of halogens is 3. The molecular weight excluding hydrogens is 261 g/mol. The number of carboxylic acid groups (broad SMARTS) is 1. The van der Waals surface area contributed by atoms with Gasteiger partial charge in [0.25, 0.3) is 0 Å². The van der Waals surface area contributed by atoms with Crippen LogP contribution in [0.3, 0.4) is 0 Å². The second kappa shape index (κ2) is 4.85. The predicted octanol–water partition coefficient (Wildman–Crippen LogP) is 2.74. The van der Waals surface area contributed by atoms with Crippen LogP contribution >= 0.6 is 0 Å². The molecule has 104 valence electrons. The number of carbonyl (C=O) groups is 1. The van der Waals surface area contributed by atoms with Crippen LogP contribution in [0.2, 0.25) is 0 Å². The van der Waals surface area contributed by atoms with E-state index in [4.69, 9.17) is 4.74 Å². The molecule has 1 fully saturated rings. The van der Waals surface area contributed by atoms with E-state index in [0.717, 1.165) is 12.1 Å². The number of ether oxygens (including phenoxy) is 1. The molecule has 19 heavy (non-hydrogen) atoms. The van der Waals surface area contributed by atoms with Crippen molar-refractivity contribution in [3.8, 4) is 0 Å². The van der Waals surface area contributed by atoms with Crippen molar-refractivity contribution >= 4 is 5.97 Å². The van der Waals surface area contributed by atoms with Gasteiger partial charge in [-0.2, -0.15) is 13.2 Å². The molecule has 1 saturated heterocycles. The molecular formula is C13H13F3O3. The third-order valence-electron chi connectivity index (χ3n) is 3.38. The van der Waals surface area contributed by atoms with Gasteiger partial charge in [0.1, 0.15) is 0 Å². The Morgan fingerprint density at radius 3 is 2.37 bits per heavy atom. The second-order valence-corrected chi connectivity index (χ2v) is 4.76. The lowest BCUT2D eigenvalue weighted by Crippen LogP contribution is -2.33. The Hall–Kier alpha value is -1.56. The molecule has 2 rings (SSSR count). The molecule has 0 spiro atoms. The van der Waals surface area contributed by atoms with Gasteiger partial charge in [0.05, 0.1) is 17.6 Å². The van der Waals surface area contributed by atoms with Crippen molar-refractivity contribution in [1.29, 1.82) is 0 Å². The highest BCUT2D eigenvalue weighted by Crippen LogP contribution is 2.34. The highest BCUT2D eigenvalue weighted by molar-refractivity contribution is 5.75. The van der Waals surface area contributed by atoms with Gasteiger partial charge in [0.2, 0.25) is 0 Å². The van der Waals surface area contributed by atoms with Gasteiger partial charge in [-0.1, -0.05) is 12.1 Å². The summed E-state index contributed by atoms with van der Waals surface area (Å²) in [6.07, 6.45) is -3.82. The minimum atomic E-state index is -4.38. The van der Waals surface area contributed by atoms with Gasteiger partial charge in [-0.15, -0.1) is 0 Å². The summed E-state index contributed by atoms with van der Waals surface area (Å²) in [6, 6.07) is 4.60. The quantitative estimate of drug-likeness (QED) is 0.921.